The zero-order valence-corrected chi connectivity index (χ0v) is 74.3. The second kappa shape index (κ2) is 48.8. The second-order valence-electron chi connectivity index (χ2n) is 35.2. The van der Waals surface area contributed by atoms with Gasteiger partial charge in [0, 0.05) is 34.1 Å². The molecular formula is C77H128N4O57. The predicted molar refractivity (Wildman–Crippen MR) is 423 cm³/mol. The predicted octanol–water partition coefficient (Wildman–Crippen LogP) is -23.1. The van der Waals surface area contributed by atoms with Gasteiger partial charge >= 0.3 is 5.97 Å². The van der Waals surface area contributed by atoms with Crippen molar-refractivity contribution in [2.75, 3.05) is 59.5 Å². The first-order chi connectivity index (χ1) is 65.1. The van der Waals surface area contributed by atoms with Gasteiger partial charge in [-0.05, 0) is 13.8 Å². The highest BCUT2D eigenvalue weighted by Crippen LogP contribution is 2.44. The van der Waals surface area contributed by atoms with E-state index in [1.54, 1.807) is 0 Å². The van der Waals surface area contributed by atoms with Gasteiger partial charge in [0.2, 0.25) is 23.6 Å². The highest BCUT2D eigenvalue weighted by molar-refractivity contribution is 5.77. The lowest BCUT2D eigenvalue weighted by Crippen LogP contribution is -2.72. The molecule has 11 heterocycles. The summed E-state index contributed by atoms with van der Waals surface area (Å²) in [4.78, 5) is 66.8. The zero-order chi connectivity index (χ0) is 102. The van der Waals surface area contributed by atoms with E-state index in [-0.39, 0.29) is 0 Å². The van der Waals surface area contributed by atoms with Crippen molar-refractivity contribution >= 4 is 29.6 Å². The molecule has 0 aromatic heterocycles. The topological polar surface area (TPSA) is 954 Å². The number of carboxylic acids is 1. The van der Waals surface area contributed by atoms with Crippen LogP contribution in [-0.2, 0) is 123 Å². The summed E-state index contributed by atoms with van der Waals surface area (Å²) in [6.07, 6.45) is -114. The summed E-state index contributed by atoms with van der Waals surface area (Å²) in [5, 5.41) is 358. The van der Waals surface area contributed by atoms with E-state index in [9.17, 15) is 182 Å². The normalized spacial score (nSPS) is 49.1. The third-order valence-corrected chi connectivity index (χ3v) is 25.5. The molecule has 0 spiro atoms. The average Bonchev–Trinajstić information content (AvgIpc) is 0.751. The highest BCUT2D eigenvalue weighted by Gasteiger charge is 2.65. The number of carboxylic acid groups (broad SMARTS) is 1. The van der Waals surface area contributed by atoms with Crippen molar-refractivity contribution in [1.29, 1.82) is 0 Å². The number of ether oxygens (including phenoxy) is 21. The van der Waals surface area contributed by atoms with Crippen LogP contribution in [0.2, 0.25) is 0 Å². The van der Waals surface area contributed by atoms with Gasteiger partial charge in [-0.2, -0.15) is 0 Å². The van der Waals surface area contributed by atoms with E-state index in [4.69, 9.17) is 99.5 Å². The Bertz CT molecular complexity index is 3850. The summed E-state index contributed by atoms with van der Waals surface area (Å²) in [5.41, 5.74) is 0. The Balaban J connectivity index is 0.951. The summed E-state index contributed by atoms with van der Waals surface area (Å²) >= 11 is 0. The van der Waals surface area contributed by atoms with Crippen molar-refractivity contribution in [2.24, 2.45) is 0 Å². The van der Waals surface area contributed by atoms with E-state index in [0.29, 0.717) is 0 Å². The number of rotatable bonds is 36. The molecule has 61 nitrogen and oxygen atoms in total. The summed E-state index contributed by atoms with van der Waals surface area (Å²) < 4.78 is 127. The van der Waals surface area contributed by atoms with Crippen molar-refractivity contribution in [1.82, 2.24) is 21.3 Å². The minimum Gasteiger partial charge on any atom is -0.477 e. The monoisotopic (exact) mass is 2020 g/mol. The third kappa shape index (κ3) is 24.6. The number of aliphatic hydroxyl groups is 30. The van der Waals surface area contributed by atoms with Gasteiger partial charge in [-0.25, -0.2) is 4.79 Å². The van der Waals surface area contributed by atoms with Crippen LogP contribution in [0.5, 0.6) is 0 Å². The Labute approximate surface area is 780 Å². The van der Waals surface area contributed by atoms with Crippen molar-refractivity contribution in [3.05, 3.63) is 0 Å². The number of hydrogen-bond donors (Lipinski definition) is 35. The largest absolute Gasteiger partial charge is 0.477 e. The van der Waals surface area contributed by atoms with E-state index in [0.717, 1.165) is 27.7 Å². The van der Waals surface area contributed by atoms with Crippen LogP contribution in [-0.4, -0.2) is 590 Å². The van der Waals surface area contributed by atoms with Crippen molar-refractivity contribution in [2.45, 2.75) is 391 Å². The number of nitrogens with one attached hydrogen (secondary N) is 4. The first-order valence-corrected chi connectivity index (χ1v) is 44.0. The van der Waals surface area contributed by atoms with Gasteiger partial charge in [0.1, 0.15) is 250 Å². The number of aliphatic carboxylic acids is 1. The molecule has 11 fully saturated rings. The van der Waals surface area contributed by atoms with Gasteiger partial charge in [0.05, 0.1) is 83.8 Å². The molecule has 138 heavy (non-hydrogen) atoms. The Morgan fingerprint density at radius 1 is 0.312 bits per heavy atom. The fraction of sp³-hybridized carbons (Fsp3) is 0.935. The number of hydrogen-bond acceptors (Lipinski definition) is 56. The Morgan fingerprint density at radius 2 is 0.623 bits per heavy atom. The summed E-state index contributed by atoms with van der Waals surface area (Å²) in [6, 6.07) is -8.15. The van der Waals surface area contributed by atoms with Crippen LogP contribution in [0.25, 0.3) is 0 Å². The molecule has 56 atom stereocenters. The molecule has 0 aliphatic carbocycles. The first kappa shape index (κ1) is 114. The summed E-state index contributed by atoms with van der Waals surface area (Å²) in [7, 11) is 0. The molecule has 35 N–H and O–H groups in total. The molecule has 0 bridgehead atoms. The maximum absolute atomic E-state index is 13.9. The number of carbonyl (C=O) groups is 5. The van der Waals surface area contributed by atoms with E-state index >= 15 is 0 Å². The fourth-order valence-corrected chi connectivity index (χ4v) is 18.0. The van der Waals surface area contributed by atoms with Crippen LogP contribution in [0.1, 0.15) is 48.0 Å². The first-order valence-electron chi connectivity index (χ1n) is 44.0. The van der Waals surface area contributed by atoms with Gasteiger partial charge in [0.15, 0.2) is 62.9 Å². The lowest BCUT2D eigenvalue weighted by molar-refractivity contribution is -0.400. The minimum atomic E-state index is -3.43. The van der Waals surface area contributed by atoms with E-state index < -0.39 is 439 Å². The van der Waals surface area contributed by atoms with Gasteiger partial charge < -0.3 is 279 Å². The second-order valence-corrected chi connectivity index (χ2v) is 35.2. The molecule has 0 radical (unpaired) electrons. The quantitative estimate of drug-likeness (QED) is 0.0277. The van der Waals surface area contributed by atoms with Crippen LogP contribution < -0.4 is 21.3 Å². The fourth-order valence-electron chi connectivity index (χ4n) is 18.0. The smallest absolute Gasteiger partial charge is 0.364 e. The molecule has 11 rings (SSSR count). The van der Waals surface area contributed by atoms with Crippen molar-refractivity contribution in [3.8, 4) is 0 Å². The highest BCUT2D eigenvalue weighted by atomic mass is 16.8. The molecule has 11 aliphatic rings. The maximum atomic E-state index is 13.9. The average molecular weight is 2020 g/mol. The van der Waals surface area contributed by atoms with Gasteiger partial charge in [-0.3, -0.25) is 19.2 Å². The van der Waals surface area contributed by atoms with E-state index in [1.807, 2.05) is 0 Å². The molecule has 61 heteroatoms. The number of aliphatic hydroxyl groups excluding tert-OH is 30. The van der Waals surface area contributed by atoms with Crippen molar-refractivity contribution < 1.29 is 282 Å². The Morgan fingerprint density at radius 3 is 1.05 bits per heavy atom. The minimum absolute atomic E-state index is 0.821. The lowest BCUT2D eigenvalue weighted by Gasteiger charge is -2.52. The summed E-state index contributed by atoms with van der Waals surface area (Å²) in [5.74, 6) is -9.78. The van der Waals surface area contributed by atoms with Crippen LogP contribution >= 0.6 is 0 Å². The summed E-state index contributed by atoms with van der Waals surface area (Å²) in [6.45, 7) is -5.20. The third-order valence-electron chi connectivity index (χ3n) is 25.5. The Kier molecular flexibility index (Phi) is 40.1. The maximum Gasteiger partial charge on any atom is 0.364 e. The molecule has 4 amide bonds. The standard InChI is InChI=1S/C77H128N4O57/c1-17-37(96)45(104)50(109)70(119-17)130-58-31(15-89)127-69(36(81-22(6)93)62(58)134-75-55(114)65(43(102)28(12-86)125-75)138-77(76(116)117)7-23(94)33(78-19(3)90)60(137-77)39(98)24(95)8-82)136-64-44(103)32(128-74(54(64)113)129-56-29(13-87)121-66(115)49(108)48(56)107)16-118-67-35(80-21(5)92)61(133-71-51(110)46(105)38(97)18(2)120-71)57(30(14-88)126-67)131-73-53(112)63(42(101)27(11-85)124-73)135-68-34(79-20(4)91)59(41(100)26(10-84)122-68)132-72-52(111)47(106)40(99)25(9-83)123-72/h17-18,23-75,82-89,94-115H,7-16H2,1-6H3,(H,78,90)(H,79,91)(H,80,92)(H,81,93)(H,116,117)/t17-,18-,23-,24+,25+,26+,27+,28+,29+,30+,31+,32+,33+,34+,35+,36+,37+,38+,39+,40-,41+,42-,43-,44-,45+,46+,47-,48+,49+,50-,51-,52+,53+,54+,55+,56+,57+,58+,59+,60+,61+,62+,63-,64-,65-,66+,67+,68-,69-,70-,71-,72-,73-,74-,75-,77-/m0/s1. The molecule has 11 aliphatic heterocycles. The number of carbonyl (C=O) groups excluding carboxylic acids is 4. The van der Waals surface area contributed by atoms with Crippen molar-refractivity contribution in [3.63, 3.8) is 0 Å². The van der Waals surface area contributed by atoms with Crippen LogP contribution in [0.4, 0.5) is 0 Å². The molecule has 0 aromatic carbocycles. The van der Waals surface area contributed by atoms with E-state index in [1.165, 1.54) is 13.8 Å². The lowest BCUT2D eigenvalue weighted by atomic mass is 9.88. The number of amides is 4. The molecule has 798 valence electrons. The van der Waals surface area contributed by atoms with Gasteiger partial charge in [0.25, 0.3) is 5.79 Å². The SMILES string of the molecule is CC(=O)N[C@H]1[C@H](O[C@H]2[C@@H](O)[C@@H](CO[C@@H]3O[C@H](CO)[C@@H](O[C@@H]4O[C@H](CO)[C@H](O)[C@H](O[C@@H]5O[C@H](CO)[C@@H](O)[C@H](O[C@@H]6O[C@H](CO)[C@H](O)[C@H](O)[C@H]6O)[C@H]5NC(C)=O)[C@H]4O)[C@H](O[C@@H]4O[C@@H](C)[C@@H](O)[C@@H](O)[C@@H]4O)[C@H]3NC(C)=O)O[C@@H](O[C@H]3[C@H](O)[C@@H](O)[C@H](O)O[C@@H]3CO)[C@@H]2O)O[C@H](CO)[C@@H](O[C@@H]2O[C@@H](C)[C@@H](O)[C@@H](O)[C@@H]2O)[C@@H]1O[C@@H]1O[C@H](CO)[C@H](O)[C@H](O[C@]2(C(=O)O)C[C@H](O)[C@@H](NC(C)=O)[C@H]([C@H](O)[C@H](O)CO)O2)[C@H]1O. The Hall–Kier alpha value is -4.69. The van der Waals surface area contributed by atoms with Crippen LogP contribution in [0, 0.1) is 0 Å². The molecule has 0 unspecified atom stereocenters. The van der Waals surface area contributed by atoms with Gasteiger partial charge in [-0.1, -0.05) is 0 Å². The van der Waals surface area contributed by atoms with E-state index in [2.05, 4.69) is 21.3 Å². The van der Waals surface area contributed by atoms with Crippen LogP contribution in [0.3, 0.4) is 0 Å². The van der Waals surface area contributed by atoms with Gasteiger partial charge in [-0.15, -0.1) is 0 Å². The molecular weight excluding hydrogens is 1890 g/mol. The molecule has 0 aromatic rings. The zero-order valence-electron chi connectivity index (χ0n) is 74.3. The van der Waals surface area contributed by atoms with Crippen LogP contribution in [0.15, 0.2) is 0 Å². The molecule has 0 saturated carbocycles. The molecule has 11 saturated heterocycles.